The van der Waals surface area contributed by atoms with E-state index in [2.05, 4.69) is 10.1 Å². The molecule has 0 saturated heterocycles. The van der Waals surface area contributed by atoms with Crippen LogP contribution in [0.2, 0.25) is 10.0 Å². The molecule has 6 nitrogen and oxygen atoms in total. The van der Waals surface area contributed by atoms with Crippen molar-refractivity contribution < 1.29 is 14.1 Å². The standard InChI is InChI=1S/C21H21Cl2N3O3/c1-12-9-17(10-13(2)19(12)23)28-14(3)21(27)26(4)11-18-24-20(25-29-18)15-5-7-16(22)8-6-15/h5-10,14H,11H2,1-4H3. The maximum absolute atomic E-state index is 12.7. The second kappa shape index (κ2) is 8.84. The van der Waals surface area contributed by atoms with Gasteiger partial charge in [-0.2, -0.15) is 4.98 Å². The van der Waals surface area contributed by atoms with Gasteiger partial charge in [0.05, 0.1) is 6.54 Å². The summed E-state index contributed by atoms with van der Waals surface area (Å²) < 4.78 is 11.1. The van der Waals surface area contributed by atoms with Crippen molar-refractivity contribution in [2.75, 3.05) is 7.05 Å². The Bertz CT molecular complexity index is 995. The molecule has 1 heterocycles. The van der Waals surface area contributed by atoms with Crippen LogP contribution in [0.1, 0.15) is 23.9 Å². The van der Waals surface area contributed by atoms with E-state index in [1.807, 2.05) is 26.0 Å². The molecule has 0 aliphatic carbocycles. The minimum Gasteiger partial charge on any atom is -0.481 e. The molecule has 0 N–H and O–H groups in total. The average Bonchev–Trinajstić information content (AvgIpc) is 3.14. The number of aryl methyl sites for hydroxylation is 2. The van der Waals surface area contributed by atoms with Crippen molar-refractivity contribution in [2.24, 2.45) is 0 Å². The highest BCUT2D eigenvalue weighted by Crippen LogP contribution is 2.26. The van der Waals surface area contributed by atoms with E-state index in [0.717, 1.165) is 16.7 Å². The lowest BCUT2D eigenvalue weighted by molar-refractivity contribution is -0.137. The van der Waals surface area contributed by atoms with Gasteiger partial charge in [-0.3, -0.25) is 4.79 Å². The van der Waals surface area contributed by atoms with E-state index in [0.29, 0.717) is 27.5 Å². The average molecular weight is 434 g/mol. The van der Waals surface area contributed by atoms with Gasteiger partial charge in [-0.15, -0.1) is 0 Å². The number of halogens is 2. The number of aromatic nitrogens is 2. The van der Waals surface area contributed by atoms with E-state index in [1.54, 1.807) is 38.2 Å². The van der Waals surface area contributed by atoms with Crippen LogP contribution in [0.25, 0.3) is 11.4 Å². The molecule has 1 amide bonds. The minimum absolute atomic E-state index is 0.172. The Morgan fingerprint density at radius 2 is 1.79 bits per heavy atom. The van der Waals surface area contributed by atoms with E-state index >= 15 is 0 Å². The lowest BCUT2D eigenvalue weighted by Crippen LogP contribution is -2.37. The van der Waals surface area contributed by atoms with Gasteiger partial charge >= 0.3 is 0 Å². The zero-order valence-corrected chi connectivity index (χ0v) is 18.1. The summed E-state index contributed by atoms with van der Waals surface area (Å²) in [7, 11) is 1.66. The van der Waals surface area contributed by atoms with E-state index in [-0.39, 0.29) is 12.5 Å². The van der Waals surface area contributed by atoms with Gasteiger partial charge in [-0.1, -0.05) is 28.4 Å². The number of rotatable bonds is 6. The summed E-state index contributed by atoms with van der Waals surface area (Å²) in [5.74, 6) is 1.16. The normalized spacial score (nSPS) is 11.9. The van der Waals surface area contributed by atoms with Gasteiger partial charge in [0.1, 0.15) is 5.75 Å². The summed E-state index contributed by atoms with van der Waals surface area (Å²) in [6.45, 7) is 5.67. The van der Waals surface area contributed by atoms with E-state index < -0.39 is 6.10 Å². The molecule has 3 rings (SSSR count). The third kappa shape index (κ3) is 5.08. The van der Waals surface area contributed by atoms with Crippen molar-refractivity contribution in [3.05, 3.63) is 63.5 Å². The number of carbonyl (C=O) groups excluding carboxylic acids is 1. The Hall–Kier alpha value is -2.57. The van der Waals surface area contributed by atoms with Crippen LogP contribution in [-0.4, -0.2) is 34.1 Å². The molecule has 2 aromatic carbocycles. The molecule has 8 heteroatoms. The molecule has 1 aromatic heterocycles. The number of benzene rings is 2. The van der Waals surface area contributed by atoms with E-state index in [4.69, 9.17) is 32.5 Å². The molecule has 1 atom stereocenters. The fourth-order valence-corrected chi connectivity index (χ4v) is 3.09. The van der Waals surface area contributed by atoms with Gasteiger partial charge < -0.3 is 14.2 Å². The minimum atomic E-state index is -0.682. The Kier molecular flexibility index (Phi) is 6.45. The quantitative estimate of drug-likeness (QED) is 0.541. The van der Waals surface area contributed by atoms with Crippen molar-refractivity contribution >= 4 is 29.1 Å². The Labute approximate surface area is 179 Å². The predicted octanol–water partition coefficient (Wildman–Crippen LogP) is 5.09. The Morgan fingerprint density at radius 1 is 1.17 bits per heavy atom. The van der Waals surface area contributed by atoms with Crippen LogP contribution in [-0.2, 0) is 11.3 Å². The van der Waals surface area contributed by atoms with Crippen LogP contribution < -0.4 is 4.74 Å². The molecule has 0 aliphatic rings. The van der Waals surface area contributed by atoms with Gasteiger partial charge in [-0.25, -0.2) is 0 Å². The first-order chi connectivity index (χ1) is 13.7. The van der Waals surface area contributed by atoms with E-state index in [9.17, 15) is 4.79 Å². The number of carbonyl (C=O) groups is 1. The van der Waals surface area contributed by atoms with Crippen LogP contribution >= 0.6 is 23.2 Å². The van der Waals surface area contributed by atoms with Crippen LogP contribution in [0.4, 0.5) is 0 Å². The van der Waals surface area contributed by atoms with Gasteiger partial charge in [0.25, 0.3) is 5.91 Å². The van der Waals surface area contributed by atoms with Crippen molar-refractivity contribution in [3.63, 3.8) is 0 Å². The van der Waals surface area contributed by atoms with Gasteiger partial charge in [-0.05, 0) is 68.3 Å². The molecule has 0 spiro atoms. The maximum Gasteiger partial charge on any atom is 0.263 e. The second-order valence-corrected chi connectivity index (χ2v) is 7.66. The monoisotopic (exact) mass is 433 g/mol. The van der Waals surface area contributed by atoms with Gasteiger partial charge in [0, 0.05) is 22.7 Å². The number of hydrogen-bond acceptors (Lipinski definition) is 5. The molecule has 0 fully saturated rings. The summed E-state index contributed by atoms with van der Waals surface area (Å²) in [5.41, 5.74) is 2.58. The molecular weight excluding hydrogens is 413 g/mol. The lowest BCUT2D eigenvalue weighted by Gasteiger charge is -2.21. The lowest BCUT2D eigenvalue weighted by atomic mass is 10.1. The highest BCUT2D eigenvalue weighted by Gasteiger charge is 2.22. The molecule has 0 saturated carbocycles. The molecule has 0 aliphatic heterocycles. The number of amides is 1. The largest absolute Gasteiger partial charge is 0.481 e. The summed E-state index contributed by atoms with van der Waals surface area (Å²) in [6.07, 6.45) is -0.682. The fraction of sp³-hybridized carbons (Fsp3) is 0.286. The maximum atomic E-state index is 12.7. The SMILES string of the molecule is Cc1cc(OC(C)C(=O)N(C)Cc2nc(-c3ccc(Cl)cc3)no2)cc(C)c1Cl. The number of ether oxygens (including phenoxy) is 1. The molecule has 0 radical (unpaired) electrons. The van der Waals surface area contributed by atoms with Crippen LogP contribution in [0.15, 0.2) is 40.9 Å². The molecule has 29 heavy (non-hydrogen) atoms. The summed E-state index contributed by atoms with van der Waals surface area (Å²) in [4.78, 5) is 18.5. The Balaban J connectivity index is 1.63. The third-order valence-electron chi connectivity index (χ3n) is 4.39. The highest BCUT2D eigenvalue weighted by molar-refractivity contribution is 6.32. The zero-order chi connectivity index (χ0) is 21.1. The first kappa shape index (κ1) is 21.1. The molecule has 0 bridgehead atoms. The summed E-state index contributed by atoms with van der Waals surface area (Å²) >= 11 is 12.1. The predicted molar refractivity (Wildman–Crippen MR) is 112 cm³/mol. The smallest absolute Gasteiger partial charge is 0.263 e. The topological polar surface area (TPSA) is 68.5 Å². The van der Waals surface area contributed by atoms with Crippen molar-refractivity contribution in [1.82, 2.24) is 15.0 Å². The van der Waals surface area contributed by atoms with Gasteiger partial charge in [0.2, 0.25) is 11.7 Å². The first-order valence-corrected chi connectivity index (χ1v) is 9.77. The van der Waals surface area contributed by atoms with Crippen molar-refractivity contribution in [2.45, 2.75) is 33.4 Å². The molecule has 152 valence electrons. The Morgan fingerprint density at radius 3 is 2.41 bits per heavy atom. The van der Waals surface area contributed by atoms with E-state index in [1.165, 1.54) is 4.90 Å². The number of likely N-dealkylation sites (N-methyl/N-ethyl adjacent to an activating group) is 1. The van der Waals surface area contributed by atoms with Crippen LogP contribution in [0.3, 0.4) is 0 Å². The number of nitrogens with zero attached hydrogens (tertiary/aromatic N) is 3. The summed E-state index contributed by atoms with van der Waals surface area (Å²) in [5, 5.41) is 5.28. The molecule has 1 unspecified atom stereocenters. The zero-order valence-electron chi connectivity index (χ0n) is 16.6. The van der Waals surface area contributed by atoms with Crippen LogP contribution in [0, 0.1) is 13.8 Å². The van der Waals surface area contributed by atoms with Crippen LogP contribution in [0.5, 0.6) is 5.75 Å². The summed E-state index contributed by atoms with van der Waals surface area (Å²) in [6, 6.07) is 10.7. The van der Waals surface area contributed by atoms with Crippen molar-refractivity contribution in [1.29, 1.82) is 0 Å². The van der Waals surface area contributed by atoms with Crippen molar-refractivity contribution in [3.8, 4) is 17.1 Å². The molecular formula is C21H21Cl2N3O3. The highest BCUT2D eigenvalue weighted by atomic mass is 35.5. The second-order valence-electron chi connectivity index (χ2n) is 6.84. The third-order valence-corrected chi connectivity index (χ3v) is 5.24. The van der Waals surface area contributed by atoms with Gasteiger partial charge in [0.15, 0.2) is 6.10 Å². The fourth-order valence-electron chi connectivity index (χ4n) is 2.86. The first-order valence-electron chi connectivity index (χ1n) is 9.01. The number of hydrogen-bond donors (Lipinski definition) is 0. The molecule has 3 aromatic rings.